The summed E-state index contributed by atoms with van der Waals surface area (Å²) in [6.07, 6.45) is -0.0371. The van der Waals surface area contributed by atoms with Crippen LogP contribution in [0.3, 0.4) is 0 Å². The third-order valence-corrected chi connectivity index (χ3v) is 4.64. The van der Waals surface area contributed by atoms with Gasteiger partial charge in [-0.15, -0.1) is 0 Å². The zero-order valence-corrected chi connectivity index (χ0v) is 14.4. The molecular formula is C15H22N2O6S. The number of carboxylic acid groups (broad SMARTS) is 1. The first-order valence-electron chi connectivity index (χ1n) is 7.35. The molecule has 0 heterocycles. The summed E-state index contributed by atoms with van der Waals surface area (Å²) in [5.41, 5.74) is 0.299. The van der Waals surface area contributed by atoms with Crippen molar-refractivity contribution in [1.29, 1.82) is 0 Å². The Hall–Kier alpha value is -1.97. The van der Waals surface area contributed by atoms with E-state index in [1.807, 2.05) is 0 Å². The molecule has 1 atom stereocenters. The molecule has 1 aromatic carbocycles. The molecule has 0 aliphatic heterocycles. The first-order chi connectivity index (χ1) is 11.3. The number of methoxy groups -OCH3 is 1. The van der Waals surface area contributed by atoms with Crippen LogP contribution in [0.2, 0.25) is 0 Å². The lowest BCUT2D eigenvalue weighted by molar-refractivity contribution is -0.137. The van der Waals surface area contributed by atoms with Crippen molar-refractivity contribution in [3.63, 3.8) is 0 Å². The molecule has 0 bridgehead atoms. The van der Waals surface area contributed by atoms with Crippen molar-refractivity contribution >= 4 is 21.9 Å². The molecular weight excluding hydrogens is 336 g/mol. The lowest BCUT2D eigenvalue weighted by Crippen LogP contribution is -2.29. The van der Waals surface area contributed by atoms with Crippen LogP contribution < -0.4 is 10.0 Å². The highest BCUT2D eigenvalue weighted by Crippen LogP contribution is 2.10. The van der Waals surface area contributed by atoms with Crippen molar-refractivity contribution in [1.82, 2.24) is 10.0 Å². The summed E-state index contributed by atoms with van der Waals surface area (Å²) in [5.74, 6) is -1.51. The lowest BCUT2D eigenvalue weighted by Gasteiger charge is -2.11. The van der Waals surface area contributed by atoms with Crippen molar-refractivity contribution in [2.75, 3.05) is 26.8 Å². The van der Waals surface area contributed by atoms with Gasteiger partial charge in [-0.05, 0) is 30.2 Å². The van der Waals surface area contributed by atoms with Gasteiger partial charge >= 0.3 is 5.97 Å². The predicted molar refractivity (Wildman–Crippen MR) is 87.3 cm³/mol. The second-order valence-electron chi connectivity index (χ2n) is 5.33. The number of sulfonamides is 1. The minimum Gasteiger partial charge on any atom is -0.481 e. The van der Waals surface area contributed by atoms with E-state index >= 15 is 0 Å². The zero-order chi connectivity index (χ0) is 18.2. The Morgan fingerprint density at radius 2 is 1.88 bits per heavy atom. The number of aliphatic carboxylic acids is 1. The Morgan fingerprint density at radius 3 is 2.42 bits per heavy atom. The number of ether oxygens (including phenoxy) is 1. The molecule has 9 heteroatoms. The van der Waals surface area contributed by atoms with Gasteiger partial charge in [0.15, 0.2) is 0 Å². The fraction of sp³-hybridized carbons (Fsp3) is 0.467. The van der Waals surface area contributed by atoms with E-state index in [9.17, 15) is 18.0 Å². The van der Waals surface area contributed by atoms with Crippen molar-refractivity contribution < 1.29 is 27.9 Å². The van der Waals surface area contributed by atoms with Gasteiger partial charge in [0.05, 0.1) is 11.5 Å². The lowest BCUT2D eigenvalue weighted by atomic mass is 10.1. The van der Waals surface area contributed by atoms with Crippen LogP contribution in [0.15, 0.2) is 29.2 Å². The highest BCUT2D eigenvalue weighted by atomic mass is 32.2. The molecule has 134 valence electrons. The maximum Gasteiger partial charge on any atom is 0.303 e. The van der Waals surface area contributed by atoms with Crippen LogP contribution in [0.25, 0.3) is 0 Å². The molecule has 0 aromatic heterocycles. The van der Waals surface area contributed by atoms with Gasteiger partial charge in [-0.2, -0.15) is 0 Å². The zero-order valence-electron chi connectivity index (χ0n) is 13.6. The molecule has 1 rings (SSSR count). The number of rotatable bonds is 10. The van der Waals surface area contributed by atoms with Gasteiger partial charge in [0.1, 0.15) is 0 Å². The molecule has 24 heavy (non-hydrogen) atoms. The van der Waals surface area contributed by atoms with E-state index in [1.165, 1.54) is 31.4 Å². The van der Waals surface area contributed by atoms with Crippen molar-refractivity contribution in [2.45, 2.75) is 18.2 Å². The quantitative estimate of drug-likeness (QED) is 0.522. The van der Waals surface area contributed by atoms with Gasteiger partial charge in [-0.25, -0.2) is 13.1 Å². The maximum atomic E-state index is 12.0. The molecule has 1 amide bonds. The van der Waals surface area contributed by atoms with Gasteiger partial charge in [-0.1, -0.05) is 6.92 Å². The number of hydrogen-bond acceptors (Lipinski definition) is 5. The van der Waals surface area contributed by atoms with Gasteiger partial charge in [0, 0.05) is 32.2 Å². The van der Waals surface area contributed by atoms with Crippen LogP contribution in [0, 0.1) is 5.92 Å². The molecule has 0 fully saturated rings. The Morgan fingerprint density at radius 1 is 1.25 bits per heavy atom. The topological polar surface area (TPSA) is 122 Å². The Balaban J connectivity index is 2.63. The van der Waals surface area contributed by atoms with Crippen molar-refractivity contribution in [3.8, 4) is 0 Å². The molecule has 0 radical (unpaired) electrons. The largest absolute Gasteiger partial charge is 0.481 e. The van der Waals surface area contributed by atoms with Crippen molar-refractivity contribution in [2.24, 2.45) is 5.92 Å². The molecule has 0 aliphatic carbocycles. The highest BCUT2D eigenvalue weighted by Gasteiger charge is 2.15. The first kappa shape index (κ1) is 20.1. The van der Waals surface area contributed by atoms with Gasteiger partial charge < -0.3 is 15.2 Å². The predicted octanol–water partition coefficient (Wildman–Crippen LogP) is 0.452. The Bertz CT molecular complexity index is 657. The highest BCUT2D eigenvalue weighted by molar-refractivity contribution is 7.89. The number of carbonyl (C=O) groups is 2. The second kappa shape index (κ2) is 9.36. The average Bonchev–Trinajstić information content (AvgIpc) is 2.52. The van der Waals surface area contributed by atoms with E-state index in [-0.39, 0.29) is 42.8 Å². The standard InChI is InChI=1S/C15H22N2O6S/c1-11(9-14(18)19)10-16-15(20)12-3-5-13(6-4-12)24(21,22)17-7-8-23-2/h3-6,11,17H,7-10H2,1-2H3,(H,16,20)(H,18,19). The molecule has 1 aromatic rings. The van der Waals surface area contributed by atoms with Crippen LogP contribution in [-0.4, -0.2) is 52.2 Å². The van der Waals surface area contributed by atoms with Crippen LogP contribution in [-0.2, 0) is 19.6 Å². The van der Waals surface area contributed by atoms with E-state index in [1.54, 1.807) is 6.92 Å². The molecule has 1 unspecified atom stereocenters. The Kier molecular flexibility index (Phi) is 7.83. The fourth-order valence-electron chi connectivity index (χ4n) is 1.89. The van der Waals surface area contributed by atoms with Gasteiger partial charge in [-0.3, -0.25) is 9.59 Å². The molecule has 8 nitrogen and oxygen atoms in total. The first-order valence-corrected chi connectivity index (χ1v) is 8.83. The summed E-state index contributed by atoms with van der Waals surface area (Å²) in [6.45, 7) is 2.36. The smallest absolute Gasteiger partial charge is 0.303 e. The monoisotopic (exact) mass is 358 g/mol. The average molecular weight is 358 g/mol. The number of amides is 1. The van der Waals surface area contributed by atoms with Crippen LogP contribution in [0.4, 0.5) is 0 Å². The molecule has 0 saturated carbocycles. The van der Waals surface area contributed by atoms with Crippen LogP contribution in [0.5, 0.6) is 0 Å². The van der Waals surface area contributed by atoms with E-state index in [0.717, 1.165) is 0 Å². The molecule has 0 saturated heterocycles. The minimum atomic E-state index is -3.64. The third kappa shape index (κ3) is 6.65. The summed E-state index contributed by atoms with van der Waals surface area (Å²) in [6, 6.07) is 5.49. The third-order valence-electron chi connectivity index (χ3n) is 3.16. The second-order valence-corrected chi connectivity index (χ2v) is 7.09. The van der Waals surface area contributed by atoms with Gasteiger partial charge in [0.25, 0.3) is 5.91 Å². The number of nitrogens with one attached hydrogen (secondary N) is 2. The Labute approximate surface area is 141 Å². The SMILES string of the molecule is COCCNS(=O)(=O)c1ccc(C(=O)NCC(C)CC(=O)O)cc1. The number of hydrogen-bond donors (Lipinski definition) is 3. The fourth-order valence-corrected chi connectivity index (χ4v) is 2.90. The van der Waals surface area contributed by atoms with E-state index < -0.39 is 16.0 Å². The number of carbonyl (C=O) groups excluding carboxylic acids is 1. The summed E-state index contributed by atoms with van der Waals surface area (Å²) in [4.78, 5) is 22.6. The normalized spacial score (nSPS) is 12.6. The summed E-state index contributed by atoms with van der Waals surface area (Å²) in [7, 11) is -2.17. The van der Waals surface area contributed by atoms with E-state index in [2.05, 4.69) is 10.0 Å². The number of carboxylic acids is 1. The molecule has 0 spiro atoms. The molecule has 3 N–H and O–H groups in total. The molecule has 0 aliphatic rings. The summed E-state index contributed by atoms with van der Waals surface area (Å²) in [5, 5.41) is 11.3. The minimum absolute atomic E-state index is 0.0371. The van der Waals surface area contributed by atoms with Gasteiger partial charge in [0.2, 0.25) is 10.0 Å². The maximum absolute atomic E-state index is 12.0. The van der Waals surface area contributed by atoms with Crippen molar-refractivity contribution in [3.05, 3.63) is 29.8 Å². The number of benzene rings is 1. The van der Waals surface area contributed by atoms with E-state index in [4.69, 9.17) is 9.84 Å². The summed E-state index contributed by atoms with van der Waals surface area (Å²) < 4.78 is 31.1. The summed E-state index contributed by atoms with van der Waals surface area (Å²) >= 11 is 0. The van der Waals surface area contributed by atoms with Crippen LogP contribution in [0.1, 0.15) is 23.7 Å². The van der Waals surface area contributed by atoms with E-state index in [0.29, 0.717) is 5.56 Å². The van der Waals surface area contributed by atoms with Crippen LogP contribution >= 0.6 is 0 Å².